The van der Waals surface area contributed by atoms with Gasteiger partial charge in [-0.1, -0.05) is 28.1 Å². The number of aromatic nitrogens is 1. The van der Waals surface area contributed by atoms with Crippen molar-refractivity contribution < 1.29 is 0 Å². The standard InChI is InChI=1S/C18H18BrIN2/c19-13-5-3-4-12(10-13)18-15(6-1-2-9-21)16-11-14(20)7-8-17(16)22-18/h3-5,7-8,10-11,22H,1-2,6,9,21H2. The fourth-order valence-electron chi connectivity index (χ4n) is 2.82. The number of aromatic amines is 1. The predicted molar refractivity (Wildman–Crippen MR) is 106 cm³/mol. The molecule has 1 aromatic heterocycles. The van der Waals surface area contributed by atoms with Gasteiger partial charge in [-0.05, 0) is 89.9 Å². The molecule has 0 unspecified atom stereocenters. The van der Waals surface area contributed by atoms with E-state index in [2.05, 4.69) is 86.0 Å². The normalized spacial score (nSPS) is 11.2. The molecule has 0 amide bonds. The Hall–Kier alpha value is -0.850. The van der Waals surface area contributed by atoms with Crippen LogP contribution in [0.5, 0.6) is 0 Å². The number of hydrogen-bond donors (Lipinski definition) is 2. The zero-order chi connectivity index (χ0) is 15.5. The Morgan fingerprint density at radius 1 is 1.09 bits per heavy atom. The van der Waals surface area contributed by atoms with Crippen molar-refractivity contribution in [3.8, 4) is 11.3 Å². The number of nitrogens with one attached hydrogen (secondary N) is 1. The highest BCUT2D eigenvalue weighted by Crippen LogP contribution is 2.33. The van der Waals surface area contributed by atoms with E-state index in [4.69, 9.17) is 5.73 Å². The molecule has 0 atom stereocenters. The highest BCUT2D eigenvalue weighted by molar-refractivity contribution is 14.1. The number of fused-ring (bicyclic) bond motifs is 1. The summed E-state index contributed by atoms with van der Waals surface area (Å²) in [4.78, 5) is 3.61. The molecule has 114 valence electrons. The summed E-state index contributed by atoms with van der Waals surface area (Å²) in [6.45, 7) is 0.756. The number of nitrogens with two attached hydrogens (primary N) is 1. The lowest BCUT2D eigenvalue weighted by atomic mass is 10.0. The number of aryl methyl sites for hydroxylation is 1. The SMILES string of the molecule is NCCCCc1c(-c2cccc(Br)c2)[nH]c2ccc(I)cc12. The molecule has 0 aliphatic rings. The summed E-state index contributed by atoms with van der Waals surface area (Å²) in [5.74, 6) is 0. The van der Waals surface area contributed by atoms with Crippen molar-refractivity contribution in [2.75, 3.05) is 6.54 Å². The summed E-state index contributed by atoms with van der Waals surface area (Å²) in [6, 6.07) is 15.1. The van der Waals surface area contributed by atoms with Crippen LogP contribution in [0.15, 0.2) is 46.9 Å². The number of benzene rings is 2. The first-order chi connectivity index (χ1) is 10.7. The summed E-state index contributed by atoms with van der Waals surface area (Å²) >= 11 is 5.95. The van der Waals surface area contributed by atoms with Crippen LogP contribution in [0, 0.1) is 3.57 Å². The molecule has 0 saturated heterocycles. The second-order valence-electron chi connectivity index (χ2n) is 5.42. The van der Waals surface area contributed by atoms with Gasteiger partial charge in [0.15, 0.2) is 0 Å². The highest BCUT2D eigenvalue weighted by atomic mass is 127. The summed E-state index contributed by atoms with van der Waals surface area (Å²) in [6.07, 6.45) is 3.24. The van der Waals surface area contributed by atoms with E-state index in [1.54, 1.807) is 0 Å². The number of halogens is 2. The molecule has 2 aromatic carbocycles. The van der Waals surface area contributed by atoms with E-state index in [-0.39, 0.29) is 0 Å². The average Bonchev–Trinajstić information content (AvgIpc) is 2.86. The van der Waals surface area contributed by atoms with Gasteiger partial charge in [-0.15, -0.1) is 0 Å². The van der Waals surface area contributed by atoms with Crippen LogP contribution >= 0.6 is 38.5 Å². The van der Waals surface area contributed by atoms with Gasteiger partial charge < -0.3 is 10.7 Å². The van der Waals surface area contributed by atoms with Gasteiger partial charge in [-0.2, -0.15) is 0 Å². The van der Waals surface area contributed by atoms with Crippen molar-refractivity contribution in [2.24, 2.45) is 5.73 Å². The van der Waals surface area contributed by atoms with Crippen molar-refractivity contribution in [3.63, 3.8) is 0 Å². The molecule has 0 aliphatic heterocycles. The largest absolute Gasteiger partial charge is 0.354 e. The lowest BCUT2D eigenvalue weighted by Crippen LogP contribution is -1.99. The van der Waals surface area contributed by atoms with Crippen molar-refractivity contribution in [1.82, 2.24) is 4.98 Å². The van der Waals surface area contributed by atoms with Crippen LogP contribution in [-0.2, 0) is 6.42 Å². The maximum absolute atomic E-state index is 5.66. The first kappa shape index (κ1) is 16.0. The Morgan fingerprint density at radius 3 is 2.73 bits per heavy atom. The number of rotatable bonds is 5. The quantitative estimate of drug-likeness (QED) is 0.377. The van der Waals surface area contributed by atoms with Crippen molar-refractivity contribution in [1.29, 1.82) is 0 Å². The fourth-order valence-corrected chi connectivity index (χ4v) is 3.71. The molecule has 0 spiro atoms. The molecule has 4 heteroatoms. The monoisotopic (exact) mass is 468 g/mol. The molecule has 3 rings (SSSR count). The Morgan fingerprint density at radius 2 is 1.95 bits per heavy atom. The molecular formula is C18H18BrIN2. The molecule has 2 nitrogen and oxygen atoms in total. The van der Waals surface area contributed by atoms with Gasteiger partial charge in [0.25, 0.3) is 0 Å². The minimum atomic E-state index is 0.756. The van der Waals surface area contributed by atoms with Crippen LogP contribution in [0.1, 0.15) is 18.4 Å². The van der Waals surface area contributed by atoms with Crippen LogP contribution in [0.3, 0.4) is 0 Å². The molecule has 22 heavy (non-hydrogen) atoms. The van der Waals surface area contributed by atoms with Crippen molar-refractivity contribution in [3.05, 3.63) is 56.1 Å². The number of unbranched alkanes of at least 4 members (excludes halogenated alkanes) is 1. The summed E-state index contributed by atoms with van der Waals surface area (Å²) in [5, 5.41) is 1.33. The van der Waals surface area contributed by atoms with E-state index in [1.165, 1.54) is 31.3 Å². The fraction of sp³-hybridized carbons (Fsp3) is 0.222. The zero-order valence-corrected chi connectivity index (χ0v) is 15.9. The molecule has 0 bridgehead atoms. The Bertz CT molecular complexity index is 795. The van der Waals surface area contributed by atoms with Gasteiger partial charge in [-0.25, -0.2) is 0 Å². The highest BCUT2D eigenvalue weighted by Gasteiger charge is 2.13. The summed E-state index contributed by atoms with van der Waals surface area (Å²) < 4.78 is 2.37. The molecule has 0 radical (unpaired) electrons. The summed E-state index contributed by atoms with van der Waals surface area (Å²) in [5.41, 5.74) is 10.7. The Balaban J connectivity index is 2.13. The van der Waals surface area contributed by atoms with Gasteiger partial charge in [0.05, 0.1) is 0 Å². The minimum absolute atomic E-state index is 0.756. The second kappa shape index (κ2) is 7.15. The van der Waals surface area contributed by atoms with Crippen LogP contribution < -0.4 is 5.73 Å². The van der Waals surface area contributed by atoms with Gasteiger partial charge in [-0.3, -0.25) is 0 Å². The lowest BCUT2D eigenvalue weighted by Gasteiger charge is -2.06. The average molecular weight is 469 g/mol. The second-order valence-corrected chi connectivity index (χ2v) is 7.59. The van der Waals surface area contributed by atoms with Crippen LogP contribution in [0.4, 0.5) is 0 Å². The van der Waals surface area contributed by atoms with Crippen LogP contribution in [0.25, 0.3) is 22.2 Å². The van der Waals surface area contributed by atoms with E-state index in [0.29, 0.717) is 0 Å². The van der Waals surface area contributed by atoms with Crippen LogP contribution in [0.2, 0.25) is 0 Å². The van der Waals surface area contributed by atoms with Gasteiger partial charge in [0, 0.05) is 24.6 Å². The van der Waals surface area contributed by atoms with E-state index < -0.39 is 0 Å². The minimum Gasteiger partial charge on any atom is -0.354 e. The van der Waals surface area contributed by atoms with E-state index >= 15 is 0 Å². The Kier molecular flexibility index (Phi) is 5.21. The lowest BCUT2D eigenvalue weighted by molar-refractivity contribution is 0.748. The molecule has 3 N–H and O–H groups in total. The third kappa shape index (κ3) is 3.39. The third-order valence-electron chi connectivity index (χ3n) is 3.86. The van der Waals surface area contributed by atoms with E-state index in [1.807, 2.05) is 0 Å². The maximum atomic E-state index is 5.66. The molecule has 0 fully saturated rings. The molecule has 0 saturated carbocycles. The van der Waals surface area contributed by atoms with Crippen LogP contribution in [-0.4, -0.2) is 11.5 Å². The van der Waals surface area contributed by atoms with E-state index in [9.17, 15) is 0 Å². The third-order valence-corrected chi connectivity index (χ3v) is 5.03. The van der Waals surface area contributed by atoms with Gasteiger partial charge >= 0.3 is 0 Å². The predicted octanol–water partition coefficient (Wildman–Crippen LogP) is 5.48. The zero-order valence-electron chi connectivity index (χ0n) is 12.2. The molecule has 1 heterocycles. The van der Waals surface area contributed by atoms with E-state index in [0.717, 1.165) is 30.3 Å². The topological polar surface area (TPSA) is 41.8 Å². The first-order valence-corrected chi connectivity index (χ1v) is 9.32. The Labute approximate surface area is 152 Å². The molecular weight excluding hydrogens is 451 g/mol. The maximum Gasteiger partial charge on any atom is 0.0497 e. The van der Waals surface area contributed by atoms with Gasteiger partial charge in [0.2, 0.25) is 0 Å². The smallest absolute Gasteiger partial charge is 0.0497 e. The molecule has 0 aliphatic carbocycles. The first-order valence-electron chi connectivity index (χ1n) is 7.45. The number of hydrogen-bond acceptors (Lipinski definition) is 1. The number of H-pyrrole nitrogens is 1. The molecule has 3 aromatic rings. The van der Waals surface area contributed by atoms with Crippen molar-refractivity contribution in [2.45, 2.75) is 19.3 Å². The van der Waals surface area contributed by atoms with Gasteiger partial charge in [0.1, 0.15) is 0 Å². The van der Waals surface area contributed by atoms with Crippen molar-refractivity contribution >= 4 is 49.4 Å². The summed E-state index contributed by atoms with van der Waals surface area (Å²) in [7, 11) is 0.